The summed E-state index contributed by atoms with van der Waals surface area (Å²) in [5.74, 6) is 0.835. The van der Waals surface area contributed by atoms with E-state index >= 15 is 0 Å². The lowest BCUT2D eigenvalue weighted by Crippen LogP contribution is -2.21. The van der Waals surface area contributed by atoms with Crippen molar-refractivity contribution in [2.24, 2.45) is 4.99 Å². The highest BCUT2D eigenvalue weighted by Gasteiger charge is 2.21. The van der Waals surface area contributed by atoms with E-state index in [0.29, 0.717) is 0 Å². The van der Waals surface area contributed by atoms with Gasteiger partial charge in [0.1, 0.15) is 0 Å². The normalized spacial score (nSPS) is 21.6. The molecule has 2 aromatic carbocycles. The molecule has 4 heteroatoms. The first-order valence-corrected chi connectivity index (χ1v) is 8.59. The largest absolute Gasteiger partial charge is 0.391 e. The van der Waals surface area contributed by atoms with E-state index in [1.807, 2.05) is 0 Å². The monoisotopic (exact) mass is 309 g/mol. The van der Waals surface area contributed by atoms with Gasteiger partial charge in [0.15, 0.2) is 6.17 Å². The van der Waals surface area contributed by atoms with Crippen LogP contribution in [0.25, 0.3) is 10.8 Å². The summed E-state index contributed by atoms with van der Waals surface area (Å²) in [6.07, 6.45) is 4.63. The van der Waals surface area contributed by atoms with Gasteiger partial charge in [-0.3, -0.25) is 0 Å². The van der Waals surface area contributed by atoms with Crippen molar-refractivity contribution in [1.29, 1.82) is 0 Å². The maximum atomic E-state index is 5.62. The highest BCUT2D eigenvalue weighted by Crippen LogP contribution is 2.27. The number of rotatable bonds is 5. The summed E-state index contributed by atoms with van der Waals surface area (Å²) in [5.41, 5.74) is 4.25. The topological polar surface area (TPSA) is 36.9 Å². The van der Waals surface area contributed by atoms with Crippen LogP contribution in [-0.2, 0) is 4.84 Å². The third-order valence-electron chi connectivity index (χ3n) is 4.74. The van der Waals surface area contributed by atoms with Gasteiger partial charge < -0.3 is 9.74 Å². The fourth-order valence-corrected chi connectivity index (χ4v) is 3.52. The summed E-state index contributed by atoms with van der Waals surface area (Å²) in [5, 5.41) is 2.47. The molecule has 120 valence electrons. The predicted molar refractivity (Wildman–Crippen MR) is 93.3 cm³/mol. The second-order valence-electron chi connectivity index (χ2n) is 6.37. The lowest BCUT2D eigenvalue weighted by Gasteiger charge is -2.13. The van der Waals surface area contributed by atoms with Gasteiger partial charge in [-0.05, 0) is 49.7 Å². The molecule has 2 heterocycles. The molecule has 1 unspecified atom stereocenters. The Balaban J connectivity index is 1.42. The second-order valence-corrected chi connectivity index (χ2v) is 6.37. The van der Waals surface area contributed by atoms with Crippen molar-refractivity contribution in [3.05, 3.63) is 48.0 Å². The molecule has 1 N–H and O–H groups in total. The van der Waals surface area contributed by atoms with Crippen molar-refractivity contribution >= 4 is 16.7 Å². The number of hydrogen-bond donors (Lipinski definition) is 1. The Bertz CT molecular complexity index is 701. The molecule has 2 aliphatic rings. The molecule has 0 spiro atoms. The number of nitrogens with zero attached hydrogens (tertiary/aromatic N) is 2. The first-order valence-electron chi connectivity index (χ1n) is 8.59. The Hall–Kier alpha value is -1.91. The maximum absolute atomic E-state index is 5.62. The van der Waals surface area contributed by atoms with Gasteiger partial charge in [0.25, 0.3) is 0 Å². The lowest BCUT2D eigenvalue weighted by molar-refractivity contribution is 0.174. The SMILES string of the molecule is c1ccc2c(C3N=C(CCCN4CCCC4)ON3)cccc2c1. The Morgan fingerprint density at radius 2 is 1.91 bits per heavy atom. The fourth-order valence-electron chi connectivity index (χ4n) is 3.52. The van der Waals surface area contributed by atoms with Crippen LogP contribution in [0.5, 0.6) is 0 Å². The van der Waals surface area contributed by atoms with Crippen LogP contribution in [0.4, 0.5) is 0 Å². The molecule has 2 aromatic rings. The molecule has 1 saturated heterocycles. The third kappa shape index (κ3) is 3.23. The zero-order valence-corrected chi connectivity index (χ0v) is 13.4. The quantitative estimate of drug-likeness (QED) is 0.916. The van der Waals surface area contributed by atoms with Gasteiger partial charge >= 0.3 is 0 Å². The van der Waals surface area contributed by atoms with Gasteiger partial charge in [-0.15, -0.1) is 5.48 Å². The molecule has 0 aromatic heterocycles. The Kier molecular flexibility index (Phi) is 4.26. The summed E-state index contributed by atoms with van der Waals surface area (Å²) in [6.45, 7) is 3.66. The Labute approximate surface area is 137 Å². The smallest absolute Gasteiger partial charge is 0.211 e. The maximum Gasteiger partial charge on any atom is 0.211 e. The number of likely N-dealkylation sites (tertiary alicyclic amines) is 1. The molecule has 0 aliphatic carbocycles. The summed E-state index contributed by atoms with van der Waals surface area (Å²) >= 11 is 0. The van der Waals surface area contributed by atoms with Gasteiger partial charge in [0, 0.05) is 12.0 Å². The van der Waals surface area contributed by atoms with Crippen molar-refractivity contribution in [3.8, 4) is 0 Å². The van der Waals surface area contributed by atoms with Crippen LogP contribution >= 0.6 is 0 Å². The molecule has 0 amide bonds. The zero-order chi connectivity index (χ0) is 15.5. The molecule has 1 atom stereocenters. The van der Waals surface area contributed by atoms with Crippen molar-refractivity contribution in [3.63, 3.8) is 0 Å². The summed E-state index contributed by atoms with van der Waals surface area (Å²) in [7, 11) is 0. The third-order valence-corrected chi connectivity index (χ3v) is 4.74. The average Bonchev–Trinajstić information content (AvgIpc) is 3.26. The van der Waals surface area contributed by atoms with Gasteiger partial charge in [-0.1, -0.05) is 42.5 Å². The minimum absolute atomic E-state index is 0.0945. The van der Waals surface area contributed by atoms with E-state index in [0.717, 1.165) is 25.3 Å². The molecule has 0 bridgehead atoms. The summed E-state index contributed by atoms with van der Waals surface area (Å²) < 4.78 is 0. The predicted octanol–water partition coefficient (Wildman–Crippen LogP) is 3.65. The summed E-state index contributed by atoms with van der Waals surface area (Å²) in [4.78, 5) is 12.9. The van der Waals surface area contributed by atoms with Crippen molar-refractivity contribution in [1.82, 2.24) is 10.4 Å². The second kappa shape index (κ2) is 6.69. The van der Waals surface area contributed by atoms with Crippen molar-refractivity contribution < 1.29 is 4.84 Å². The van der Waals surface area contributed by atoms with Gasteiger partial charge in [0.2, 0.25) is 5.90 Å². The molecule has 4 rings (SSSR count). The van der Waals surface area contributed by atoms with E-state index in [4.69, 9.17) is 9.83 Å². The van der Waals surface area contributed by atoms with E-state index in [1.54, 1.807) is 0 Å². The molecule has 2 aliphatic heterocycles. The van der Waals surface area contributed by atoms with Gasteiger partial charge in [-0.2, -0.15) is 0 Å². The molecule has 0 saturated carbocycles. The highest BCUT2D eigenvalue weighted by molar-refractivity contribution is 5.87. The lowest BCUT2D eigenvalue weighted by atomic mass is 10.0. The van der Waals surface area contributed by atoms with Crippen LogP contribution in [0.15, 0.2) is 47.5 Å². The fraction of sp³-hybridized carbons (Fsp3) is 0.421. The van der Waals surface area contributed by atoms with E-state index in [-0.39, 0.29) is 6.17 Å². The van der Waals surface area contributed by atoms with E-state index < -0.39 is 0 Å². The molecule has 4 nitrogen and oxygen atoms in total. The van der Waals surface area contributed by atoms with Gasteiger partial charge in [-0.25, -0.2) is 4.99 Å². The molecule has 0 radical (unpaired) electrons. The van der Waals surface area contributed by atoms with Crippen LogP contribution in [-0.4, -0.2) is 30.4 Å². The average molecular weight is 309 g/mol. The minimum Gasteiger partial charge on any atom is -0.391 e. The first kappa shape index (κ1) is 14.7. The van der Waals surface area contributed by atoms with Crippen LogP contribution in [0.1, 0.15) is 37.4 Å². The molecule has 23 heavy (non-hydrogen) atoms. The Morgan fingerprint density at radius 3 is 2.83 bits per heavy atom. The number of aliphatic imine (C=N–C) groups is 1. The number of nitrogens with one attached hydrogen (secondary N) is 1. The van der Waals surface area contributed by atoms with Crippen LogP contribution < -0.4 is 5.48 Å². The van der Waals surface area contributed by atoms with Crippen LogP contribution in [0.2, 0.25) is 0 Å². The van der Waals surface area contributed by atoms with E-state index in [1.165, 1.54) is 42.3 Å². The molecule has 1 fully saturated rings. The summed E-state index contributed by atoms with van der Waals surface area (Å²) in [6, 6.07) is 14.8. The van der Waals surface area contributed by atoms with Crippen LogP contribution in [0, 0.1) is 0 Å². The first-order chi connectivity index (χ1) is 11.4. The van der Waals surface area contributed by atoms with Gasteiger partial charge in [0.05, 0.1) is 0 Å². The number of hydroxylamine groups is 1. The van der Waals surface area contributed by atoms with E-state index in [2.05, 4.69) is 52.8 Å². The molecular formula is C19H23N3O. The van der Waals surface area contributed by atoms with Crippen LogP contribution in [0.3, 0.4) is 0 Å². The highest BCUT2D eigenvalue weighted by atomic mass is 16.7. The zero-order valence-electron chi connectivity index (χ0n) is 13.4. The van der Waals surface area contributed by atoms with Crippen molar-refractivity contribution in [2.45, 2.75) is 31.8 Å². The number of hydrogen-bond acceptors (Lipinski definition) is 4. The number of fused-ring (bicyclic) bond motifs is 1. The standard InChI is InChI=1S/C19H23N3O/c1-2-9-16-15(7-1)8-5-10-17(16)19-20-18(23-21-19)11-6-14-22-12-3-4-13-22/h1-2,5,7-10,19,21H,3-4,6,11-14H2. The molecular weight excluding hydrogens is 286 g/mol. The minimum atomic E-state index is -0.0945. The number of benzene rings is 2. The Morgan fingerprint density at radius 1 is 1.09 bits per heavy atom. The van der Waals surface area contributed by atoms with Crippen molar-refractivity contribution in [2.75, 3.05) is 19.6 Å². The van der Waals surface area contributed by atoms with E-state index in [9.17, 15) is 0 Å².